The van der Waals surface area contributed by atoms with E-state index in [2.05, 4.69) is 15.0 Å². The van der Waals surface area contributed by atoms with Crippen LogP contribution >= 0.6 is 0 Å². The van der Waals surface area contributed by atoms with Crippen molar-refractivity contribution in [3.63, 3.8) is 0 Å². The summed E-state index contributed by atoms with van der Waals surface area (Å²) in [6.07, 6.45) is 3.28. The number of carbonyl (C=O) groups excluding carboxylic acids is 2. The summed E-state index contributed by atoms with van der Waals surface area (Å²) in [5.41, 5.74) is 0.833. The molecule has 0 fully saturated rings. The van der Waals surface area contributed by atoms with Crippen LogP contribution in [-0.4, -0.2) is 23.5 Å². The maximum atomic E-state index is 11.3. The number of hydrogen-bond donors (Lipinski definition) is 1. The van der Waals surface area contributed by atoms with E-state index in [1.54, 1.807) is 32.3 Å². The van der Waals surface area contributed by atoms with Crippen molar-refractivity contribution in [2.45, 2.75) is 19.9 Å². The van der Waals surface area contributed by atoms with Crippen LogP contribution in [0, 0.1) is 0 Å². The quantitative estimate of drug-likeness (QED) is 0.607. The van der Waals surface area contributed by atoms with E-state index in [4.69, 9.17) is 0 Å². The van der Waals surface area contributed by atoms with E-state index < -0.39 is 11.9 Å². The second-order valence-electron chi connectivity index (χ2n) is 3.20. The fourth-order valence-electron chi connectivity index (χ4n) is 1.17. The summed E-state index contributed by atoms with van der Waals surface area (Å²) in [5.74, 6) is -1.60. The lowest BCUT2D eigenvalue weighted by molar-refractivity contribution is -0.154. The number of nitrogens with one attached hydrogen (secondary N) is 1. The minimum absolute atomic E-state index is 0.188. The molecule has 0 aliphatic heterocycles. The smallest absolute Gasteiger partial charge is 0.396 e. The Balaban J connectivity index is 2.55. The predicted octanol–water partition coefficient (Wildman–Crippen LogP) is 0.822. The summed E-state index contributed by atoms with van der Waals surface area (Å²) >= 11 is 0. The molecule has 16 heavy (non-hydrogen) atoms. The van der Waals surface area contributed by atoms with Crippen LogP contribution in [0.5, 0.6) is 0 Å². The van der Waals surface area contributed by atoms with Crippen molar-refractivity contribution < 1.29 is 14.3 Å². The maximum absolute atomic E-state index is 11.3. The highest BCUT2D eigenvalue weighted by atomic mass is 16.5. The molecule has 1 heterocycles. The minimum atomic E-state index is -0.863. The number of esters is 1. The van der Waals surface area contributed by atoms with E-state index in [0.29, 0.717) is 0 Å². The highest BCUT2D eigenvalue weighted by Gasteiger charge is 2.17. The number of ether oxygens (including phenoxy) is 1. The van der Waals surface area contributed by atoms with E-state index in [-0.39, 0.29) is 12.6 Å². The molecular weight excluding hydrogens is 208 g/mol. The van der Waals surface area contributed by atoms with Crippen LogP contribution in [0.3, 0.4) is 0 Å². The summed E-state index contributed by atoms with van der Waals surface area (Å²) in [5, 5.41) is 2.53. The van der Waals surface area contributed by atoms with Gasteiger partial charge in [0.2, 0.25) is 0 Å². The third-order valence-corrected chi connectivity index (χ3v) is 1.99. The molecule has 1 N–H and O–H groups in total. The monoisotopic (exact) mass is 222 g/mol. The van der Waals surface area contributed by atoms with E-state index in [1.165, 1.54) is 0 Å². The molecule has 5 heteroatoms. The van der Waals surface area contributed by atoms with Gasteiger partial charge in [0.25, 0.3) is 0 Å². The van der Waals surface area contributed by atoms with Crippen molar-refractivity contribution in [3.8, 4) is 0 Å². The third kappa shape index (κ3) is 3.34. The Labute approximate surface area is 93.8 Å². The van der Waals surface area contributed by atoms with Crippen molar-refractivity contribution >= 4 is 11.9 Å². The lowest BCUT2D eigenvalue weighted by Gasteiger charge is -2.12. The van der Waals surface area contributed by atoms with Crippen LogP contribution < -0.4 is 5.32 Å². The first-order valence-electron chi connectivity index (χ1n) is 5.02. The Morgan fingerprint density at radius 1 is 1.56 bits per heavy atom. The van der Waals surface area contributed by atoms with Crippen molar-refractivity contribution in [1.29, 1.82) is 0 Å². The van der Waals surface area contributed by atoms with Crippen molar-refractivity contribution in [2.75, 3.05) is 6.61 Å². The van der Waals surface area contributed by atoms with Crippen LogP contribution in [0.25, 0.3) is 0 Å². The second kappa shape index (κ2) is 5.85. The number of pyridine rings is 1. The van der Waals surface area contributed by atoms with Crippen molar-refractivity contribution in [3.05, 3.63) is 30.1 Å². The minimum Gasteiger partial charge on any atom is -0.459 e. The fourth-order valence-corrected chi connectivity index (χ4v) is 1.17. The summed E-state index contributed by atoms with van der Waals surface area (Å²) in [7, 11) is 0. The normalized spacial score (nSPS) is 11.6. The Kier molecular flexibility index (Phi) is 4.44. The summed E-state index contributed by atoms with van der Waals surface area (Å²) in [6.45, 7) is 3.61. The first-order chi connectivity index (χ1) is 7.65. The Bertz CT molecular complexity index is 365. The van der Waals surface area contributed by atoms with Crippen molar-refractivity contribution in [2.24, 2.45) is 0 Å². The molecular formula is C11H14N2O3. The van der Waals surface area contributed by atoms with Crippen LogP contribution in [0.15, 0.2) is 24.5 Å². The zero-order valence-corrected chi connectivity index (χ0v) is 9.27. The summed E-state index contributed by atoms with van der Waals surface area (Å²) < 4.78 is 4.57. The third-order valence-electron chi connectivity index (χ3n) is 1.99. The number of amides is 1. The fraction of sp³-hybridized carbons (Fsp3) is 0.364. The zero-order chi connectivity index (χ0) is 12.0. The number of nitrogens with zero attached hydrogens (tertiary/aromatic N) is 1. The van der Waals surface area contributed by atoms with Gasteiger partial charge in [0.15, 0.2) is 0 Å². The standard InChI is InChI=1S/C11H14N2O3/c1-3-16-11(15)10(14)13-8(2)9-5-4-6-12-7-9/h4-8H,3H2,1-2H3,(H,13,14). The van der Waals surface area contributed by atoms with Gasteiger partial charge in [-0.25, -0.2) is 4.79 Å². The average molecular weight is 222 g/mol. The van der Waals surface area contributed by atoms with Crippen LogP contribution in [0.1, 0.15) is 25.5 Å². The average Bonchev–Trinajstić information content (AvgIpc) is 2.30. The van der Waals surface area contributed by atoms with Gasteiger partial charge in [0.05, 0.1) is 12.6 Å². The van der Waals surface area contributed by atoms with Gasteiger partial charge in [-0.2, -0.15) is 0 Å². The zero-order valence-electron chi connectivity index (χ0n) is 9.27. The van der Waals surface area contributed by atoms with E-state index in [9.17, 15) is 9.59 Å². The predicted molar refractivity (Wildman–Crippen MR) is 57.4 cm³/mol. The molecule has 1 aromatic heterocycles. The molecule has 0 saturated carbocycles. The highest BCUT2D eigenvalue weighted by Crippen LogP contribution is 2.09. The van der Waals surface area contributed by atoms with Gasteiger partial charge >= 0.3 is 11.9 Å². The van der Waals surface area contributed by atoms with Gasteiger partial charge in [-0.15, -0.1) is 0 Å². The van der Waals surface area contributed by atoms with E-state index >= 15 is 0 Å². The Morgan fingerprint density at radius 3 is 2.88 bits per heavy atom. The second-order valence-corrected chi connectivity index (χ2v) is 3.20. The van der Waals surface area contributed by atoms with E-state index in [0.717, 1.165) is 5.56 Å². The largest absolute Gasteiger partial charge is 0.459 e. The lowest BCUT2D eigenvalue weighted by Crippen LogP contribution is -2.34. The molecule has 1 rings (SSSR count). The first kappa shape index (κ1) is 12.2. The molecule has 1 atom stereocenters. The van der Waals surface area contributed by atoms with Gasteiger partial charge in [-0.05, 0) is 25.5 Å². The SMILES string of the molecule is CCOC(=O)C(=O)NC(C)c1cccnc1. The number of rotatable bonds is 3. The molecule has 0 saturated heterocycles. The molecule has 1 unspecified atom stereocenters. The summed E-state index contributed by atoms with van der Waals surface area (Å²) in [6, 6.07) is 3.32. The first-order valence-corrected chi connectivity index (χ1v) is 5.02. The lowest BCUT2D eigenvalue weighted by atomic mass is 10.1. The molecule has 0 aliphatic carbocycles. The van der Waals surface area contributed by atoms with Crippen LogP contribution in [0.2, 0.25) is 0 Å². The number of carbonyl (C=O) groups is 2. The summed E-state index contributed by atoms with van der Waals surface area (Å²) in [4.78, 5) is 26.3. The molecule has 0 spiro atoms. The number of hydrogen-bond acceptors (Lipinski definition) is 4. The molecule has 5 nitrogen and oxygen atoms in total. The number of aromatic nitrogens is 1. The molecule has 0 aromatic carbocycles. The maximum Gasteiger partial charge on any atom is 0.396 e. The van der Waals surface area contributed by atoms with Gasteiger partial charge in [-0.3, -0.25) is 9.78 Å². The molecule has 86 valence electrons. The van der Waals surface area contributed by atoms with Crippen LogP contribution in [-0.2, 0) is 14.3 Å². The van der Waals surface area contributed by atoms with Crippen molar-refractivity contribution in [1.82, 2.24) is 10.3 Å². The highest BCUT2D eigenvalue weighted by molar-refractivity contribution is 6.32. The van der Waals surface area contributed by atoms with E-state index in [1.807, 2.05) is 6.07 Å². The topological polar surface area (TPSA) is 68.3 Å². The van der Waals surface area contributed by atoms with Gasteiger partial charge in [0.1, 0.15) is 0 Å². The molecule has 1 aromatic rings. The Morgan fingerprint density at radius 2 is 2.31 bits per heavy atom. The molecule has 0 aliphatic rings. The van der Waals surface area contributed by atoms with Gasteiger partial charge in [-0.1, -0.05) is 6.07 Å². The van der Waals surface area contributed by atoms with Crippen LogP contribution in [0.4, 0.5) is 0 Å². The van der Waals surface area contributed by atoms with Gasteiger partial charge < -0.3 is 10.1 Å². The Hall–Kier alpha value is -1.91. The molecule has 0 radical (unpaired) electrons. The molecule has 1 amide bonds. The van der Waals surface area contributed by atoms with Gasteiger partial charge in [0, 0.05) is 12.4 Å². The molecule has 0 bridgehead atoms.